The van der Waals surface area contributed by atoms with Crippen LogP contribution in [-0.4, -0.2) is 43.0 Å². The topological polar surface area (TPSA) is 112 Å². The normalized spacial score (nSPS) is 19.7. The number of fused-ring (bicyclic) bond motifs is 1. The fourth-order valence-corrected chi connectivity index (χ4v) is 6.27. The van der Waals surface area contributed by atoms with Gasteiger partial charge in [-0.1, -0.05) is 29.5 Å². The van der Waals surface area contributed by atoms with E-state index in [1.54, 1.807) is 18.8 Å². The molecule has 2 atom stereocenters. The predicted molar refractivity (Wildman–Crippen MR) is 141 cm³/mol. The Labute approximate surface area is 215 Å². The summed E-state index contributed by atoms with van der Waals surface area (Å²) in [7, 11) is 3.37. The lowest BCUT2D eigenvalue weighted by atomic mass is 9.86. The van der Waals surface area contributed by atoms with Gasteiger partial charge in [-0.3, -0.25) is 4.79 Å². The molecule has 1 saturated carbocycles. The first-order chi connectivity index (χ1) is 17.3. The molecule has 0 aliphatic heterocycles. The second kappa shape index (κ2) is 11.5. The third-order valence-electron chi connectivity index (χ3n) is 7.22. The maximum Gasteiger partial charge on any atom is 0.304 e. The number of carbonyl (C=O) groups is 1. The van der Waals surface area contributed by atoms with Crippen molar-refractivity contribution in [2.45, 2.75) is 56.7 Å². The lowest BCUT2D eigenvalue weighted by Crippen LogP contribution is -2.36. The van der Waals surface area contributed by atoms with Crippen LogP contribution in [-0.2, 0) is 29.7 Å². The zero-order valence-electron chi connectivity index (χ0n) is 21.1. The molecule has 0 spiro atoms. The average molecular weight is 511 g/mol. The lowest BCUT2D eigenvalue weighted by Gasteiger charge is -2.28. The molecule has 9 heteroatoms. The van der Waals surface area contributed by atoms with E-state index in [4.69, 9.17) is 4.74 Å². The Bertz CT molecular complexity index is 1240. The van der Waals surface area contributed by atoms with Gasteiger partial charge in [-0.05, 0) is 72.9 Å². The minimum Gasteiger partial charge on any atom is -0.598 e. The number of rotatable bonds is 10. The van der Waals surface area contributed by atoms with Crippen LogP contribution in [0.25, 0.3) is 11.0 Å². The first-order valence-corrected chi connectivity index (χ1v) is 13.5. The van der Waals surface area contributed by atoms with Crippen LogP contribution in [0, 0.1) is 12.8 Å². The maximum atomic E-state index is 12.9. The zero-order valence-corrected chi connectivity index (χ0v) is 21.9. The highest BCUT2D eigenvalue weighted by atomic mass is 32.2. The van der Waals surface area contributed by atoms with E-state index in [-0.39, 0.29) is 11.7 Å². The first kappa shape index (κ1) is 26.2. The van der Waals surface area contributed by atoms with Crippen molar-refractivity contribution >= 4 is 28.4 Å². The Morgan fingerprint density at radius 3 is 2.72 bits per heavy atom. The van der Waals surface area contributed by atoms with Gasteiger partial charge in [0.15, 0.2) is 0 Å². The molecule has 0 bridgehead atoms. The Balaban J connectivity index is 1.58. The average Bonchev–Trinajstić information content (AvgIpc) is 3.26. The van der Waals surface area contributed by atoms with Gasteiger partial charge in [-0.2, -0.15) is 0 Å². The highest BCUT2D eigenvalue weighted by molar-refractivity contribution is 7.90. The summed E-state index contributed by atoms with van der Waals surface area (Å²) in [6, 6.07) is 9.73. The summed E-state index contributed by atoms with van der Waals surface area (Å²) < 4.78 is 23.4. The number of hydrogen-bond acceptors (Lipinski definition) is 6. The number of aromatic nitrogens is 3. The van der Waals surface area contributed by atoms with E-state index in [1.165, 1.54) is 0 Å². The standard InChI is InChI=1S/C27H34N4O4S/c1-5-18-7-10-22(11-8-18)36(34)28-16-21-12-19(9-6-17(21)2)23(15-26(32)33)20-13-24-27(25(14-20)35-4)31(3)30-29-24/h5-6,9,12-14,18,22-23,28H,1,7-8,10-11,15-16H2,2-4H3,(H,32,33). The summed E-state index contributed by atoms with van der Waals surface area (Å²) in [5.74, 6) is -0.166. The Morgan fingerprint density at radius 1 is 1.31 bits per heavy atom. The van der Waals surface area contributed by atoms with Crippen LogP contribution >= 0.6 is 0 Å². The van der Waals surface area contributed by atoms with Crippen LogP contribution in [0.2, 0.25) is 0 Å². The molecule has 2 aromatic carbocycles. The third kappa shape index (κ3) is 5.74. The second-order valence-electron chi connectivity index (χ2n) is 9.53. The van der Waals surface area contributed by atoms with Gasteiger partial charge < -0.3 is 14.4 Å². The Hall–Kier alpha value is -2.88. The molecule has 1 aliphatic rings. The number of benzene rings is 2. The fraction of sp³-hybridized carbons (Fsp3) is 0.444. The van der Waals surface area contributed by atoms with Gasteiger partial charge in [-0.25, -0.2) is 4.68 Å². The highest BCUT2D eigenvalue weighted by Gasteiger charge is 2.29. The van der Waals surface area contributed by atoms with Crippen molar-refractivity contribution < 1.29 is 19.2 Å². The predicted octanol–water partition coefficient (Wildman–Crippen LogP) is 4.39. The highest BCUT2D eigenvalue weighted by Crippen LogP contribution is 2.35. The zero-order chi connectivity index (χ0) is 25.8. The lowest BCUT2D eigenvalue weighted by molar-refractivity contribution is -0.137. The number of carboxylic acids is 1. The van der Waals surface area contributed by atoms with Crippen molar-refractivity contribution in [1.82, 2.24) is 19.7 Å². The van der Waals surface area contributed by atoms with Gasteiger partial charge in [0.25, 0.3) is 0 Å². The smallest absolute Gasteiger partial charge is 0.304 e. The van der Waals surface area contributed by atoms with Gasteiger partial charge in [0.2, 0.25) is 0 Å². The Kier molecular flexibility index (Phi) is 8.33. The fourth-order valence-electron chi connectivity index (χ4n) is 5.04. The molecule has 1 fully saturated rings. The summed E-state index contributed by atoms with van der Waals surface area (Å²) >= 11 is -1.12. The molecule has 1 heterocycles. The summed E-state index contributed by atoms with van der Waals surface area (Å²) in [5.41, 5.74) is 5.15. The second-order valence-corrected chi connectivity index (χ2v) is 11.1. The number of methoxy groups -OCH3 is 1. The summed E-state index contributed by atoms with van der Waals surface area (Å²) in [5, 5.41) is 18.2. The van der Waals surface area contributed by atoms with Crippen LogP contribution in [0.1, 0.15) is 60.3 Å². The molecule has 3 aromatic rings. The first-order valence-electron chi connectivity index (χ1n) is 12.3. The summed E-state index contributed by atoms with van der Waals surface area (Å²) in [6.45, 7) is 6.36. The van der Waals surface area contributed by atoms with E-state index in [1.807, 2.05) is 43.3 Å². The summed E-state index contributed by atoms with van der Waals surface area (Å²) in [4.78, 5) is 11.8. The largest absolute Gasteiger partial charge is 0.598 e. The van der Waals surface area contributed by atoms with Gasteiger partial charge in [-0.15, -0.1) is 16.4 Å². The number of aliphatic carboxylic acids is 1. The van der Waals surface area contributed by atoms with E-state index < -0.39 is 23.2 Å². The number of nitrogens with zero attached hydrogens (tertiary/aromatic N) is 3. The van der Waals surface area contributed by atoms with Gasteiger partial charge in [0, 0.05) is 24.3 Å². The van der Waals surface area contributed by atoms with Crippen molar-refractivity contribution in [2.24, 2.45) is 13.0 Å². The van der Waals surface area contributed by atoms with Crippen molar-refractivity contribution in [2.75, 3.05) is 7.11 Å². The van der Waals surface area contributed by atoms with E-state index in [0.717, 1.165) is 53.5 Å². The van der Waals surface area contributed by atoms with E-state index >= 15 is 0 Å². The summed E-state index contributed by atoms with van der Waals surface area (Å²) in [6.07, 6.45) is 5.86. The quantitative estimate of drug-likeness (QED) is 0.307. The van der Waals surface area contributed by atoms with Crippen LogP contribution < -0.4 is 9.46 Å². The molecule has 4 rings (SSSR count). The van der Waals surface area contributed by atoms with E-state index in [0.29, 0.717) is 23.7 Å². The van der Waals surface area contributed by atoms with Crippen molar-refractivity contribution in [1.29, 1.82) is 0 Å². The molecule has 0 radical (unpaired) electrons. The number of hydrogen-bond donors (Lipinski definition) is 2. The minimum absolute atomic E-state index is 0.0800. The van der Waals surface area contributed by atoms with Gasteiger partial charge in [0.05, 0.1) is 20.1 Å². The molecule has 1 aliphatic carbocycles. The van der Waals surface area contributed by atoms with Crippen molar-refractivity contribution in [3.05, 3.63) is 65.2 Å². The molecule has 36 heavy (non-hydrogen) atoms. The third-order valence-corrected chi connectivity index (χ3v) is 8.73. The maximum absolute atomic E-state index is 12.9. The van der Waals surface area contributed by atoms with Gasteiger partial charge in [0.1, 0.15) is 22.0 Å². The number of aryl methyl sites for hydroxylation is 2. The van der Waals surface area contributed by atoms with E-state index in [2.05, 4.69) is 21.6 Å². The minimum atomic E-state index is -1.12. The van der Waals surface area contributed by atoms with Crippen LogP contribution in [0.15, 0.2) is 43.0 Å². The molecule has 2 unspecified atom stereocenters. The number of ether oxygens (including phenoxy) is 1. The molecule has 2 N–H and O–H groups in total. The molecule has 0 saturated heterocycles. The molecular formula is C27H34N4O4S. The SMILES string of the molecule is C=CC1CCC([S+]([O-])NCc2cc(C(CC(=O)O)c3cc(OC)c4c(c3)nnn4C)ccc2C)CC1. The molecular weight excluding hydrogens is 476 g/mol. The van der Waals surface area contributed by atoms with Crippen molar-refractivity contribution in [3.8, 4) is 5.75 Å². The van der Waals surface area contributed by atoms with Crippen LogP contribution in [0.3, 0.4) is 0 Å². The molecule has 1 aromatic heterocycles. The monoisotopic (exact) mass is 510 g/mol. The molecule has 192 valence electrons. The number of nitrogens with one attached hydrogen (secondary N) is 1. The number of carboxylic acid groups (broad SMARTS) is 1. The molecule has 8 nitrogen and oxygen atoms in total. The van der Waals surface area contributed by atoms with Crippen LogP contribution in [0.4, 0.5) is 0 Å². The number of allylic oxidation sites excluding steroid dienone is 1. The Morgan fingerprint density at radius 2 is 2.06 bits per heavy atom. The van der Waals surface area contributed by atoms with Gasteiger partial charge >= 0.3 is 5.97 Å². The van der Waals surface area contributed by atoms with E-state index in [9.17, 15) is 14.5 Å². The van der Waals surface area contributed by atoms with Crippen molar-refractivity contribution in [3.63, 3.8) is 0 Å². The molecule has 0 amide bonds. The van der Waals surface area contributed by atoms with Crippen LogP contribution in [0.5, 0.6) is 5.75 Å².